The number of para-hydroxylation sites is 4. The van der Waals surface area contributed by atoms with E-state index in [1.807, 2.05) is 13.8 Å². The Kier molecular flexibility index (Phi) is 7.03. The second-order valence-corrected chi connectivity index (χ2v) is 17.0. The summed E-state index contributed by atoms with van der Waals surface area (Å²) in [7, 11) is 0. The third-order valence-electron chi connectivity index (χ3n) is 12.8. The highest BCUT2D eigenvalue weighted by Gasteiger charge is 2.24. The van der Waals surface area contributed by atoms with Crippen molar-refractivity contribution in [2.24, 2.45) is 0 Å². The van der Waals surface area contributed by atoms with E-state index in [-0.39, 0.29) is 5.41 Å². The van der Waals surface area contributed by atoms with Gasteiger partial charge >= 0.3 is 0 Å². The van der Waals surface area contributed by atoms with Crippen LogP contribution in [0.1, 0.15) is 40.2 Å². The van der Waals surface area contributed by atoms with Crippen LogP contribution in [0.5, 0.6) is 0 Å². The van der Waals surface area contributed by atoms with Crippen molar-refractivity contribution in [3.63, 3.8) is 0 Å². The van der Waals surface area contributed by atoms with Crippen LogP contribution in [-0.4, -0.2) is 13.5 Å². The van der Waals surface area contributed by atoms with E-state index in [0.717, 1.165) is 0 Å². The van der Waals surface area contributed by atoms with Gasteiger partial charge in [0.1, 0.15) is 0 Å². The molecule has 3 nitrogen and oxygen atoms in total. The van der Waals surface area contributed by atoms with Gasteiger partial charge in [0, 0.05) is 54.5 Å². The first-order valence-electron chi connectivity index (χ1n) is 21.0. The molecule has 4 aromatic heterocycles. The summed E-state index contributed by atoms with van der Waals surface area (Å²) in [5.74, 6) is 0. The zero-order valence-corrected chi connectivity index (χ0v) is 34.0. The second-order valence-electron chi connectivity index (χ2n) is 17.0. The number of rotatable bonds is 2. The van der Waals surface area contributed by atoms with E-state index in [1.54, 1.807) is 0 Å². The van der Waals surface area contributed by atoms with Gasteiger partial charge in [0.2, 0.25) is 0 Å². The Balaban J connectivity index is 0.00000186. The molecule has 282 valence electrons. The molecule has 4 heterocycles. The molecular weight excluding hydrogens is 715 g/mol. The van der Waals surface area contributed by atoms with Crippen molar-refractivity contribution in [1.29, 1.82) is 0 Å². The van der Waals surface area contributed by atoms with Crippen LogP contribution in [0, 0.1) is 0 Å². The summed E-state index contributed by atoms with van der Waals surface area (Å²) in [6.45, 7) is 11.0. The van der Waals surface area contributed by atoms with E-state index in [9.17, 15) is 0 Å². The van der Waals surface area contributed by atoms with Crippen molar-refractivity contribution in [3.05, 3.63) is 175 Å². The lowest BCUT2D eigenvalue weighted by Gasteiger charge is -2.19. The number of fused-ring (bicyclic) bond motifs is 14. The molecule has 0 aliphatic carbocycles. The monoisotopic (exact) mass is 757 g/mol. The molecule has 0 atom stereocenters. The van der Waals surface area contributed by atoms with Gasteiger partial charge in [-0.05, 0) is 117 Å². The molecule has 0 aliphatic heterocycles. The minimum absolute atomic E-state index is 0.00396. The third-order valence-corrected chi connectivity index (χ3v) is 12.8. The van der Waals surface area contributed by atoms with Gasteiger partial charge in [0.25, 0.3) is 0 Å². The molecule has 0 bridgehead atoms. The summed E-state index contributed by atoms with van der Waals surface area (Å²) >= 11 is 0. The first-order valence-corrected chi connectivity index (χ1v) is 21.0. The topological polar surface area (TPSA) is 14.3 Å². The van der Waals surface area contributed by atoms with Crippen LogP contribution in [0.15, 0.2) is 170 Å². The highest BCUT2D eigenvalue weighted by Crippen LogP contribution is 2.45. The first-order chi connectivity index (χ1) is 28.9. The molecule has 0 N–H and O–H groups in total. The maximum atomic E-state index is 2.56. The fourth-order valence-corrected chi connectivity index (χ4v) is 10.1. The van der Waals surface area contributed by atoms with Crippen LogP contribution >= 0.6 is 0 Å². The van der Waals surface area contributed by atoms with Gasteiger partial charge in [0.05, 0.1) is 38.6 Å². The quantitative estimate of drug-likeness (QED) is 0.167. The highest BCUT2D eigenvalue weighted by molar-refractivity contribution is 6.26. The number of hydrogen-bond acceptors (Lipinski definition) is 0. The Morgan fingerprint density at radius 1 is 0.322 bits per heavy atom. The molecule has 0 radical (unpaired) electrons. The molecule has 13 aromatic rings. The molecular formula is C56H43N3. The van der Waals surface area contributed by atoms with Crippen molar-refractivity contribution in [1.82, 2.24) is 13.5 Å². The van der Waals surface area contributed by atoms with E-state index >= 15 is 0 Å². The summed E-state index contributed by atoms with van der Waals surface area (Å²) in [6.07, 6.45) is 0. The average molecular weight is 758 g/mol. The summed E-state index contributed by atoms with van der Waals surface area (Å²) in [4.78, 5) is 0. The van der Waals surface area contributed by atoms with Crippen LogP contribution in [0.4, 0.5) is 0 Å². The summed E-state index contributed by atoms with van der Waals surface area (Å²) < 4.78 is 7.40. The summed E-state index contributed by atoms with van der Waals surface area (Å²) in [6, 6.07) is 63.7. The zero-order valence-electron chi connectivity index (χ0n) is 34.0. The Labute approximate surface area is 342 Å². The van der Waals surface area contributed by atoms with Gasteiger partial charge in [-0.15, -0.1) is 0 Å². The number of hydrogen-bond donors (Lipinski definition) is 0. The number of nitrogens with zero attached hydrogens (tertiary/aromatic N) is 3. The predicted molar refractivity (Wildman–Crippen MR) is 255 cm³/mol. The van der Waals surface area contributed by atoms with Gasteiger partial charge in [-0.1, -0.05) is 120 Å². The standard InChI is InChI=1S/C54H37N3.C2H6/c1-54(2,3)36-30-45-43-26-32-20-22-37(55-47-16-8-4-12-39(47)40-13-5-9-17-48(40)55)24-34(32)28-51(43)57-52-29-35-25-38(23-21-33(35)27-44(52)46(31-36)53(45)57)56-49-18-10-6-14-41(49)42-15-7-11-19-50(42)56;1-2/h4-31H,1-3H3;1-2H3. The van der Waals surface area contributed by atoms with Crippen molar-refractivity contribution < 1.29 is 0 Å². The molecule has 0 saturated carbocycles. The molecule has 13 rings (SSSR count). The normalized spacial score (nSPS) is 12.5. The maximum absolute atomic E-state index is 2.56. The lowest BCUT2D eigenvalue weighted by molar-refractivity contribution is 0.592. The lowest BCUT2D eigenvalue weighted by Crippen LogP contribution is -2.10. The molecule has 0 spiro atoms. The van der Waals surface area contributed by atoms with Crippen LogP contribution in [0.25, 0.3) is 115 Å². The lowest BCUT2D eigenvalue weighted by atomic mass is 9.85. The van der Waals surface area contributed by atoms with E-state index in [0.29, 0.717) is 0 Å². The average Bonchev–Trinajstić information content (AvgIpc) is 3.99. The van der Waals surface area contributed by atoms with Crippen molar-refractivity contribution >= 4 is 103 Å². The van der Waals surface area contributed by atoms with E-state index in [2.05, 4.69) is 204 Å². The fraction of sp³-hybridized carbons (Fsp3) is 0.107. The van der Waals surface area contributed by atoms with Crippen molar-refractivity contribution in [2.75, 3.05) is 0 Å². The van der Waals surface area contributed by atoms with E-state index < -0.39 is 0 Å². The smallest absolute Gasteiger partial charge is 0.0620 e. The molecule has 3 heteroatoms. The zero-order chi connectivity index (χ0) is 39.7. The molecule has 9 aromatic carbocycles. The minimum atomic E-state index is 0.00396. The third kappa shape index (κ3) is 4.70. The SMILES string of the molecule is CC.CC(C)(C)c1cc2c3cc4ccc(-n5c6ccccc6c6ccccc65)cc4cc3n3c4cc5cc(-n6c7ccccc7c7ccccc76)ccc5cc4c(c1)c23. The van der Waals surface area contributed by atoms with Gasteiger partial charge in [0.15, 0.2) is 0 Å². The second kappa shape index (κ2) is 12.2. The largest absolute Gasteiger partial charge is 0.309 e. The molecule has 59 heavy (non-hydrogen) atoms. The first kappa shape index (κ1) is 34.0. The van der Waals surface area contributed by atoms with Crippen molar-refractivity contribution in [2.45, 2.75) is 40.0 Å². The van der Waals surface area contributed by atoms with Crippen LogP contribution in [-0.2, 0) is 5.41 Å². The fourth-order valence-electron chi connectivity index (χ4n) is 10.1. The van der Waals surface area contributed by atoms with Crippen molar-refractivity contribution in [3.8, 4) is 11.4 Å². The van der Waals surface area contributed by atoms with Gasteiger partial charge in [-0.2, -0.15) is 0 Å². The summed E-state index contributed by atoms with van der Waals surface area (Å²) in [5, 5.41) is 15.4. The van der Waals surface area contributed by atoms with Crippen LogP contribution < -0.4 is 0 Å². The van der Waals surface area contributed by atoms with Crippen LogP contribution in [0.3, 0.4) is 0 Å². The van der Waals surface area contributed by atoms with Gasteiger partial charge in [-0.3, -0.25) is 0 Å². The predicted octanol–water partition coefficient (Wildman–Crippen LogP) is 15.7. The van der Waals surface area contributed by atoms with Gasteiger partial charge in [-0.25, -0.2) is 0 Å². The van der Waals surface area contributed by atoms with Crippen LogP contribution in [0.2, 0.25) is 0 Å². The Bertz CT molecular complexity index is 3500. The minimum Gasteiger partial charge on any atom is -0.309 e. The van der Waals surface area contributed by atoms with E-state index in [4.69, 9.17) is 0 Å². The molecule has 0 saturated heterocycles. The van der Waals surface area contributed by atoms with Gasteiger partial charge < -0.3 is 13.5 Å². The molecule has 0 unspecified atom stereocenters. The summed E-state index contributed by atoms with van der Waals surface area (Å²) in [5.41, 5.74) is 12.4. The highest BCUT2D eigenvalue weighted by atomic mass is 15.0. The van der Waals surface area contributed by atoms with E-state index in [1.165, 1.54) is 120 Å². The Morgan fingerprint density at radius 2 is 0.695 bits per heavy atom. The molecule has 0 amide bonds. The number of aromatic nitrogens is 3. The molecule has 0 aliphatic rings. The Morgan fingerprint density at radius 3 is 1.07 bits per heavy atom. The molecule has 0 fully saturated rings. The number of benzene rings is 9. The Hall–Kier alpha value is -7.10. The maximum Gasteiger partial charge on any atom is 0.0620 e.